The standard InChI is InChI=1S/C22H24N2O5/c1-29-17-10-16(11-21(26)27)23(13-17)22(28)15-9-20(25)24(12-15)19-8-4-6-14-5-2-3-7-18(14)19/h2-8,15-17H,9-13H2,1H3,(H,26,27). The minimum Gasteiger partial charge on any atom is -0.481 e. The molecule has 2 aliphatic heterocycles. The Bertz CT molecular complexity index is 954. The predicted octanol–water partition coefficient (Wildman–Crippen LogP) is 2.28. The third-order valence-corrected chi connectivity index (χ3v) is 5.93. The summed E-state index contributed by atoms with van der Waals surface area (Å²) in [5, 5.41) is 11.2. The van der Waals surface area contributed by atoms with Gasteiger partial charge in [0, 0.05) is 38.0 Å². The van der Waals surface area contributed by atoms with Crippen molar-refractivity contribution in [3.63, 3.8) is 0 Å². The van der Waals surface area contributed by atoms with Crippen LogP contribution in [-0.4, -0.2) is 60.1 Å². The number of carbonyl (C=O) groups excluding carboxylic acids is 2. The Labute approximate surface area is 168 Å². The molecule has 4 rings (SSSR count). The predicted molar refractivity (Wildman–Crippen MR) is 108 cm³/mol. The van der Waals surface area contributed by atoms with Crippen LogP contribution in [0.3, 0.4) is 0 Å². The van der Waals surface area contributed by atoms with Crippen LogP contribution in [0, 0.1) is 5.92 Å². The summed E-state index contributed by atoms with van der Waals surface area (Å²) in [5.41, 5.74) is 0.807. The molecule has 0 aliphatic carbocycles. The monoisotopic (exact) mass is 396 g/mol. The molecule has 1 N–H and O–H groups in total. The van der Waals surface area contributed by atoms with Crippen molar-refractivity contribution < 1.29 is 24.2 Å². The number of ether oxygens (including phenoxy) is 1. The van der Waals surface area contributed by atoms with Crippen LogP contribution in [0.25, 0.3) is 10.8 Å². The highest BCUT2D eigenvalue weighted by Crippen LogP contribution is 2.34. The quantitative estimate of drug-likeness (QED) is 0.838. The molecule has 0 radical (unpaired) electrons. The summed E-state index contributed by atoms with van der Waals surface area (Å²) in [6.07, 6.45) is 0.354. The van der Waals surface area contributed by atoms with E-state index in [9.17, 15) is 19.5 Å². The van der Waals surface area contributed by atoms with E-state index in [1.807, 2.05) is 42.5 Å². The van der Waals surface area contributed by atoms with Gasteiger partial charge in [0.2, 0.25) is 11.8 Å². The second kappa shape index (κ2) is 7.83. The number of hydrogen-bond acceptors (Lipinski definition) is 4. The molecule has 3 atom stereocenters. The van der Waals surface area contributed by atoms with Crippen molar-refractivity contribution in [2.45, 2.75) is 31.4 Å². The third-order valence-electron chi connectivity index (χ3n) is 5.93. The molecular formula is C22H24N2O5. The Morgan fingerprint density at radius 1 is 1.14 bits per heavy atom. The van der Waals surface area contributed by atoms with Gasteiger partial charge in [-0.1, -0.05) is 36.4 Å². The highest BCUT2D eigenvalue weighted by molar-refractivity contribution is 6.07. The van der Waals surface area contributed by atoms with Crippen LogP contribution in [0.1, 0.15) is 19.3 Å². The van der Waals surface area contributed by atoms with Gasteiger partial charge in [-0.25, -0.2) is 0 Å². The average molecular weight is 396 g/mol. The molecule has 2 amide bonds. The second-order valence-electron chi connectivity index (χ2n) is 7.74. The number of anilines is 1. The summed E-state index contributed by atoms with van der Waals surface area (Å²) in [4.78, 5) is 40.4. The number of fused-ring (bicyclic) bond motifs is 1. The lowest BCUT2D eigenvalue weighted by Gasteiger charge is -2.26. The number of carbonyl (C=O) groups is 3. The molecule has 3 unspecified atom stereocenters. The number of amides is 2. The smallest absolute Gasteiger partial charge is 0.305 e. The van der Waals surface area contributed by atoms with Crippen molar-refractivity contribution in [1.29, 1.82) is 0 Å². The van der Waals surface area contributed by atoms with Gasteiger partial charge < -0.3 is 19.6 Å². The van der Waals surface area contributed by atoms with Gasteiger partial charge in [0.25, 0.3) is 0 Å². The van der Waals surface area contributed by atoms with Gasteiger partial charge in [-0.05, 0) is 17.9 Å². The van der Waals surface area contributed by atoms with E-state index in [0.29, 0.717) is 19.5 Å². The van der Waals surface area contributed by atoms with Gasteiger partial charge in [0.1, 0.15) is 0 Å². The average Bonchev–Trinajstić information content (AvgIpc) is 3.30. The molecule has 2 saturated heterocycles. The molecule has 0 spiro atoms. The van der Waals surface area contributed by atoms with Crippen LogP contribution >= 0.6 is 0 Å². The Balaban J connectivity index is 1.55. The van der Waals surface area contributed by atoms with Gasteiger partial charge >= 0.3 is 5.97 Å². The van der Waals surface area contributed by atoms with E-state index < -0.39 is 17.9 Å². The zero-order valence-electron chi connectivity index (χ0n) is 16.3. The first-order chi connectivity index (χ1) is 14.0. The van der Waals surface area contributed by atoms with Crippen LogP contribution in [0.5, 0.6) is 0 Å². The maximum Gasteiger partial charge on any atom is 0.305 e. The lowest BCUT2D eigenvalue weighted by atomic mass is 10.1. The largest absolute Gasteiger partial charge is 0.481 e. The number of likely N-dealkylation sites (tertiary alicyclic amines) is 1. The highest BCUT2D eigenvalue weighted by Gasteiger charge is 2.43. The molecule has 0 saturated carbocycles. The molecule has 7 nitrogen and oxygen atoms in total. The molecule has 2 heterocycles. The van der Waals surface area contributed by atoms with E-state index in [4.69, 9.17) is 4.74 Å². The van der Waals surface area contributed by atoms with Crippen molar-refractivity contribution in [1.82, 2.24) is 4.90 Å². The van der Waals surface area contributed by atoms with E-state index in [2.05, 4.69) is 0 Å². The van der Waals surface area contributed by atoms with Crippen molar-refractivity contribution in [3.8, 4) is 0 Å². The molecule has 29 heavy (non-hydrogen) atoms. The second-order valence-corrected chi connectivity index (χ2v) is 7.74. The minimum atomic E-state index is -0.940. The normalized spacial score (nSPS) is 24.4. The number of carboxylic acids is 1. The Morgan fingerprint density at radius 3 is 2.66 bits per heavy atom. The molecule has 0 bridgehead atoms. The zero-order valence-corrected chi connectivity index (χ0v) is 16.3. The van der Waals surface area contributed by atoms with Crippen molar-refractivity contribution in [3.05, 3.63) is 42.5 Å². The topological polar surface area (TPSA) is 87.1 Å². The first-order valence-corrected chi connectivity index (χ1v) is 9.81. The van der Waals surface area contributed by atoms with Crippen LogP contribution in [0.15, 0.2) is 42.5 Å². The van der Waals surface area contributed by atoms with Crippen molar-refractivity contribution in [2.75, 3.05) is 25.1 Å². The number of rotatable bonds is 5. The molecular weight excluding hydrogens is 372 g/mol. The van der Waals surface area contributed by atoms with E-state index in [1.54, 1.807) is 16.9 Å². The maximum atomic E-state index is 13.2. The number of nitrogens with zero attached hydrogens (tertiary/aromatic N) is 2. The van der Waals surface area contributed by atoms with Gasteiger partial charge in [0.15, 0.2) is 0 Å². The summed E-state index contributed by atoms with van der Waals surface area (Å²) in [7, 11) is 1.57. The molecule has 7 heteroatoms. The van der Waals surface area contributed by atoms with E-state index >= 15 is 0 Å². The van der Waals surface area contributed by atoms with E-state index in [-0.39, 0.29) is 30.8 Å². The molecule has 2 aromatic rings. The Hall–Kier alpha value is -2.93. The molecule has 0 aromatic heterocycles. The summed E-state index contributed by atoms with van der Waals surface area (Å²) >= 11 is 0. The SMILES string of the molecule is COC1CC(CC(=O)O)N(C(=O)C2CC(=O)N(c3cccc4ccccc34)C2)C1. The number of aliphatic carboxylic acids is 1. The first kappa shape index (κ1) is 19.4. The van der Waals surface area contributed by atoms with Crippen LogP contribution in [-0.2, 0) is 19.1 Å². The fourth-order valence-electron chi connectivity index (χ4n) is 4.49. The molecule has 2 aromatic carbocycles. The van der Waals surface area contributed by atoms with Gasteiger partial charge in [-0.15, -0.1) is 0 Å². The van der Waals surface area contributed by atoms with Gasteiger partial charge in [0.05, 0.1) is 24.1 Å². The van der Waals surface area contributed by atoms with Crippen molar-refractivity contribution in [2.24, 2.45) is 5.92 Å². The maximum absolute atomic E-state index is 13.2. The van der Waals surface area contributed by atoms with Crippen LogP contribution in [0.2, 0.25) is 0 Å². The summed E-state index contributed by atoms with van der Waals surface area (Å²) in [5.74, 6) is -1.67. The van der Waals surface area contributed by atoms with Crippen LogP contribution in [0.4, 0.5) is 5.69 Å². The molecule has 152 valence electrons. The van der Waals surface area contributed by atoms with E-state index in [1.165, 1.54) is 0 Å². The molecule has 2 fully saturated rings. The minimum absolute atomic E-state index is 0.0861. The van der Waals surface area contributed by atoms with E-state index in [0.717, 1.165) is 16.5 Å². The van der Waals surface area contributed by atoms with Crippen LogP contribution < -0.4 is 4.90 Å². The van der Waals surface area contributed by atoms with Gasteiger partial charge in [-0.2, -0.15) is 0 Å². The van der Waals surface area contributed by atoms with Gasteiger partial charge in [-0.3, -0.25) is 14.4 Å². The third kappa shape index (κ3) is 3.70. The number of hydrogen-bond donors (Lipinski definition) is 1. The van der Waals surface area contributed by atoms with Crippen molar-refractivity contribution >= 4 is 34.2 Å². The zero-order chi connectivity index (χ0) is 20.5. The molecule has 2 aliphatic rings. The Morgan fingerprint density at radius 2 is 1.90 bits per heavy atom. The first-order valence-electron chi connectivity index (χ1n) is 9.81. The number of methoxy groups -OCH3 is 1. The Kier molecular flexibility index (Phi) is 5.24. The lowest BCUT2D eigenvalue weighted by molar-refractivity contribution is -0.141. The summed E-state index contributed by atoms with van der Waals surface area (Å²) in [6.45, 7) is 0.672. The fraction of sp³-hybridized carbons (Fsp3) is 0.409. The summed E-state index contributed by atoms with van der Waals surface area (Å²) in [6, 6.07) is 13.3. The summed E-state index contributed by atoms with van der Waals surface area (Å²) < 4.78 is 5.36. The lowest BCUT2D eigenvalue weighted by Crippen LogP contribution is -2.42. The number of carboxylic acid groups (broad SMARTS) is 1. The number of benzene rings is 2. The fourth-order valence-corrected chi connectivity index (χ4v) is 4.49. The highest BCUT2D eigenvalue weighted by atomic mass is 16.5.